The number of aryl methyl sites for hydroxylation is 3. The number of nitrogens with one attached hydrogen (secondary N) is 1. The number of fused-ring (bicyclic) bond motifs is 2. The number of nitrogens with zero attached hydrogens (tertiary/aromatic N) is 3. The highest BCUT2D eigenvalue weighted by Crippen LogP contribution is 2.24. The molecular weight excluding hydrogens is 364 g/mol. The number of hydrogen-bond donors (Lipinski definition) is 1. The van der Waals surface area contributed by atoms with Crippen molar-refractivity contribution in [3.63, 3.8) is 0 Å². The summed E-state index contributed by atoms with van der Waals surface area (Å²) in [6.45, 7) is 2.85. The number of halogens is 1. The Labute approximate surface area is 150 Å². The minimum Gasteiger partial charge on any atom is -0.346 e. The molecule has 0 aliphatic heterocycles. The molecule has 0 radical (unpaired) electrons. The van der Waals surface area contributed by atoms with E-state index in [0.717, 1.165) is 36.1 Å². The molecule has 2 heterocycles. The SMILES string of the molecule is Cc1ncc2c(n1)CCC(NCc1cc3ccc(Br)cc3n1C)C2. The van der Waals surface area contributed by atoms with Crippen LogP contribution in [0.25, 0.3) is 10.9 Å². The molecule has 0 amide bonds. The Balaban J connectivity index is 1.48. The van der Waals surface area contributed by atoms with Crippen molar-refractivity contribution in [3.05, 3.63) is 57.7 Å². The van der Waals surface area contributed by atoms with Crippen molar-refractivity contribution < 1.29 is 0 Å². The number of rotatable bonds is 3. The molecule has 4 nitrogen and oxygen atoms in total. The van der Waals surface area contributed by atoms with E-state index < -0.39 is 0 Å². The maximum Gasteiger partial charge on any atom is 0.125 e. The third-order valence-corrected chi connectivity index (χ3v) is 5.44. The Morgan fingerprint density at radius 3 is 3.08 bits per heavy atom. The minimum atomic E-state index is 0.494. The van der Waals surface area contributed by atoms with Crippen molar-refractivity contribution in [2.24, 2.45) is 7.05 Å². The fourth-order valence-electron chi connectivity index (χ4n) is 3.56. The van der Waals surface area contributed by atoms with Crippen LogP contribution in [-0.4, -0.2) is 20.6 Å². The summed E-state index contributed by atoms with van der Waals surface area (Å²) >= 11 is 3.56. The zero-order valence-corrected chi connectivity index (χ0v) is 15.6. The molecule has 0 fully saturated rings. The largest absolute Gasteiger partial charge is 0.346 e. The van der Waals surface area contributed by atoms with E-state index in [4.69, 9.17) is 0 Å². The lowest BCUT2D eigenvalue weighted by Gasteiger charge is -2.25. The molecule has 0 saturated carbocycles. The molecule has 1 N–H and O–H groups in total. The van der Waals surface area contributed by atoms with Crippen LogP contribution in [0.2, 0.25) is 0 Å². The number of hydrogen-bond acceptors (Lipinski definition) is 3. The van der Waals surface area contributed by atoms with Gasteiger partial charge in [0.05, 0.1) is 0 Å². The lowest BCUT2D eigenvalue weighted by Crippen LogP contribution is -2.35. The van der Waals surface area contributed by atoms with E-state index >= 15 is 0 Å². The van der Waals surface area contributed by atoms with Gasteiger partial charge >= 0.3 is 0 Å². The van der Waals surface area contributed by atoms with Gasteiger partial charge in [-0.1, -0.05) is 22.0 Å². The molecule has 1 aliphatic carbocycles. The third-order valence-electron chi connectivity index (χ3n) is 4.95. The molecule has 1 aromatic carbocycles. The van der Waals surface area contributed by atoms with Gasteiger partial charge in [0.15, 0.2) is 0 Å². The van der Waals surface area contributed by atoms with Gasteiger partial charge in [-0.25, -0.2) is 9.97 Å². The molecule has 1 atom stereocenters. The Morgan fingerprint density at radius 2 is 2.21 bits per heavy atom. The molecule has 1 aliphatic rings. The van der Waals surface area contributed by atoms with Gasteiger partial charge in [-0.3, -0.25) is 0 Å². The van der Waals surface area contributed by atoms with Crippen molar-refractivity contribution in [1.82, 2.24) is 19.9 Å². The second-order valence-corrected chi connectivity index (χ2v) is 7.52. The van der Waals surface area contributed by atoms with Gasteiger partial charge in [0.1, 0.15) is 5.82 Å². The zero-order valence-electron chi connectivity index (χ0n) is 14.0. The van der Waals surface area contributed by atoms with Gasteiger partial charge in [-0.15, -0.1) is 0 Å². The first-order valence-electron chi connectivity index (χ1n) is 8.39. The molecule has 4 rings (SSSR count). The molecule has 5 heteroatoms. The van der Waals surface area contributed by atoms with Gasteiger partial charge < -0.3 is 9.88 Å². The average molecular weight is 385 g/mol. The lowest BCUT2D eigenvalue weighted by atomic mass is 9.93. The first-order chi connectivity index (χ1) is 11.6. The zero-order chi connectivity index (χ0) is 16.7. The van der Waals surface area contributed by atoms with Crippen molar-refractivity contribution in [1.29, 1.82) is 0 Å². The highest BCUT2D eigenvalue weighted by Gasteiger charge is 2.20. The second kappa shape index (κ2) is 6.30. The second-order valence-electron chi connectivity index (χ2n) is 6.61. The van der Waals surface area contributed by atoms with Gasteiger partial charge in [0.25, 0.3) is 0 Å². The smallest absolute Gasteiger partial charge is 0.125 e. The maximum atomic E-state index is 4.57. The van der Waals surface area contributed by atoms with E-state index in [1.165, 1.54) is 27.9 Å². The van der Waals surface area contributed by atoms with Crippen LogP contribution in [0.4, 0.5) is 0 Å². The first-order valence-corrected chi connectivity index (χ1v) is 9.18. The van der Waals surface area contributed by atoms with Crippen LogP contribution < -0.4 is 5.32 Å². The van der Waals surface area contributed by atoms with Crippen molar-refractivity contribution in [3.8, 4) is 0 Å². The summed E-state index contributed by atoms with van der Waals surface area (Å²) in [4.78, 5) is 8.92. The van der Waals surface area contributed by atoms with Crippen LogP contribution >= 0.6 is 15.9 Å². The quantitative estimate of drug-likeness (QED) is 0.748. The minimum absolute atomic E-state index is 0.494. The summed E-state index contributed by atoms with van der Waals surface area (Å²) < 4.78 is 3.39. The molecular formula is C19H21BrN4. The molecule has 0 saturated heterocycles. The maximum absolute atomic E-state index is 4.57. The Kier molecular flexibility index (Phi) is 4.14. The molecule has 1 unspecified atom stereocenters. The lowest BCUT2D eigenvalue weighted by molar-refractivity contribution is 0.446. The fraction of sp³-hybridized carbons (Fsp3) is 0.368. The number of aromatic nitrogens is 3. The van der Waals surface area contributed by atoms with Crippen molar-refractivity contribution in [2.75, 3.05) is 0 Å². The molecule has 0 spiro atoms. The topological polar surface area (TPSA) is 42.7 Å². The predicted octanol–water partition coefficient (Wildman–Crippen LogP) is 3.69. The summed E-state index contributed by atoms with van der Waals surface area (Å²) in [5, 5.41) is 5.01. The molecule has 0 bridgehead atoms. The van der Waals surface area contributed by atoms with Crippen molar-refractivity contribution >= 4 is 26.8 Å². The predicted molar refractivity (Wildman–Crippen MR) is 100 cm³/mol. The van der Waals surface area contributed by atoms with E-state index in [-0.39, 0.29) is 0 Å². The summed E-state index contributed by atoms with van der Waals surface area (Å²) in [5.74, 6) is 0.877. The van der Waals surface area contributed by atoms with Crippen LogP contribution in [0.1, 0.15) is 29.2 Å². The van der Waals surface area contributed by atoms with Gasteiger partial charge in [0, 0.05) is 47.2 Å². The van der Waals surface area contributed by atoms with Gasteiger partial charge in [-0.2, -0.15) is 0 Å². The Bertz CT molecular complexity index is 900. The molecule has 3 aromatic rings. The highest BCUT2D eigenvalue weighted by atomic mass is 79.9. The fourth-order valence-corrected chi connectivity index (χ4v) is 3.91. The summed E-state index contributed by atoms with van der Waals surface area (Å²) in [7, 11) is 2.14. The summed E-state index contributed by atoms with van der Waals surface area (Å²) in [5.41, 5.74) is 5.11. The highest BCUT2D eigenvalue weighted by molar-refractivity contribution is 9.10. The van der Waals surface area contributed by atoms with E-state index in [1.807, 2.05) is 13.1 Å². The average Bonchev–Trinajstić information content (AvgIpc) is 2.89. The molecule has 24 heavy (non-hydrogen) atoms. The van der Waals surface area contributed by atoms with Crippen LogP contribution in [-0.2, 0) is 26.4 Å². The molecule has 2 aromatic heterocycles. The van der Waals surface area contributed by atoms with Crippen molar-refractivity contribution in [2.45, 2.75) is 38.8 Å². The summed E-state index contributed by atoms with van der Waals surface area (Å²) in [6, 6.07) is 9.21. The first kappa shape index (κ1) is 15.8. The Morgan fingerprint density at radius 1 is 1.33 bits per heavy atom. The Hall–Kier alpha value is -1.72. The van der Waals surface area contributed by atoms with Crippen LogP contribution in [0.15, 0.2) is 34.9 Å². The van der Waals surface area contributed by atoms with E-state index in [9.17, 15) is 0 Å². The summed E-state index contributed by atoms with van der Waals surface area (Å²) in [6.07, 6.45) is 5.20. The van der Waals surface area contributed by atoms with Crippen LogP contribution in [0, 0.1) is 6.92 Å². The standard InChI is InChI=1S/C19H21BrN4/c1-12-21-10-14-7-16(5-6-18(14)23-12)22-11-17-8-13-3-4-15(20)9-19(13)24(17)2/h3-4,8-10,16,22H,5-7,11H2,1-2H3. The molecule has 124 valence electrons. The normalized spacial score (nSPS) is 17.2. The monoisotopic (exact) mass is 384 g/mol. The van der Waals surface area contributed by atoms with E-state index in [0.29, 0.717) is 6.04 Å². The van der Waals surface area contributed by atoms with E-state index in [1.54, 1.807) is 0 Å². The third kappa shape index (κ3) is 2.98. The van der Waals surface area contributed by atoms with Crippen LogP contribution in [0.5, 0.6) is 0 Å². The van der Waals surface area contributed by atoms with Gasteiger partial charge in [-0.05, 0) is 55.3 Å². The number of benzene rings is 1. The van der Waals surface area contributed by atoms with E-state index in [2.05, 4.69) is 67.1 Å². The van der Waals surface area contributed by atoms with Gasteiger partial charge in [0.2, 0.25) is 0 Å². The van der Waals surface area contributed by atoms with Crippen LogP contribution in [0.3, 0.4) is 0 Å².